The van der Waals surface area contributed by atoms with Gasteiger partial charge in [0.15, 0.2) is 5.65 Å². The molecule has 0 aliphatic carbocycles. The normalized spacial score (nSPS) is 18.1. The van der Waals surface area contributed by atoms with E-state index in [1.54, 1.807) is 10.5 Å². The summed E-state index contributed by atoms with van der Waals surface area (Å²) in [5.41, 5.74) is 2.25. The van der Waals surface area contributed by atoms with E-state index in [1.807, 2.05) is 0 Å². The molecular weight excluding hydrogens is 393 g/mol. The van der Waals surface area contributed by atoms with Crippen LogP contribution in [0.3, 0.4) is 0 Å². The van der Waals surface area contributed by atoms with Crippen molar-refractivity contribution in [1.82, 2.24) is 24.9 Å². The van der Waals surface area contributed by atoms with Gasteiger partial charge in [-0.05, 0) is 12.1 Å². The number of fused-ring (bicyclic) bond motifs is 2. The minimum absolute atomic E-state index is 0.228. The van der Waals surface area contributed by atoms with Gasteiger partial charge in [0.2, 0.25) is 5.95 Å². The molecule has 1 fully saturated rings. The molecule has 4 heterocycles. The average molecular weight is 413 g/mol. The molecule has 156 valence electrons. The monoisotopic (exact) mass is 413 g/mol. The Hall–Kier alpha value is -3.31. The predicted octanol–water partition coefficient (Wildman–Crippen LogP) is 0.737. The Kier molecular flexibility index (Phi) is 4.89. The van der Waals surface area contributed by atoms with Crippen molar-refractivity contribution in [3.63, 3.8) is 0 Å². The molecule has 3 aromatic rings. The summed E-state index contributed by atoms with van der Waals surface area (Å²) in [4.78, 5) is 16.8. The highest BCUT2D eigenvalue weighted by Crippen LogP contribution is 2.30. The minimum Gasteiger partial charge on any atom is -0.493 e. The Morgan fingerprint density at radius 1 is 1.37 bits per heavy atom. The SMILES string of the molecule is O=C(Nc1cnc(NCc2c(F)ccc3c2CCO3)n2cnnc12)C1CNCCO1. The zero-order valence-electron chi connectivity index (χ0n) is 16.0. The van der Waals surface area contributed by atoms with Gasteiger partial charge in [0.1, 0.15) is 29.7 Å². The molecule has 11 heteroatoms. The second-order valence-electron chi connectivity index (χ2n) is 7.03. The Bertz CT molecular complexity index is 1100. The highest BCUT2D eigenvalue weighted by molar-refractivity contribution is 5.97. The quantitative estimate of drug-likeness (QED) is 0.561. The van der Waals surface area contributed by atoms with Crippen molar-refractivity contribution in [1.29, 1.82) is 0 Å². The number of ether oxygens (including phenoxy) is 2. The minimum atomic E-state index is -0.579. The van der Waals surface area contributed by atoms with Crippen molar-refractivity contribution in [2.75, 3.05) is 36.9 Å². The molecular formula is C19H20FN7O3. The molecule has 0 bridgehead atoms. The Morgan fingerprint density at radius 3 is 3.17 bits per heavy atom. The number of hydrogen-bond acceptors (Lipinski definition) is 8. The maximum Gasteiger partial charge on any atom is 0.254 e. The summed E-state index contributed by atoms with van der Waals surface area (Å²) in [6.07, 6.45) is 3.07. The second-order valence-corrected chi connectivity index (χ2v) is 7.03. The van der Waals surface area contributed by atoms with E-state index < -0.39 is 6.10 Å². The predicted molar refractivity (Wildman–Crippen MR) is 105 cm³/mol. The molecule has 3 N–H and O–H groups in total. The van der Waals surface area contributed by atoms with E-state index in [4.69, 9.17) is 9.47 Å². The first-order valence-electron chi connectivity index (χ1n) is 9.69. The molecule has 1 amide bonds. The van der Waals surface area contributed by atoms with Gasteiger partial charge in [0.25, 0.3) is 5.91 Å². The summed E-state index contributed by atoms with van der Waals surface area (Å²) in [6, 6.07) is 3.06. The van der Waals surface area contributed by atoms with Gasteiger partial charge < -0.3 is 25.4 Å². The fourth-order valence-electron chi connectivity index (χ4n) is 3.66. The van der Waals surface area contributed by atoms with Crippen LogP contribution in [-0.4, -0.2) is 57.9 Å². The molecule has 2 aliphatic heterocycles. The van der Waals surface area contributed by atoms with Crippen LogP contribution in [0.5, 0.6) is 5.75 Å². The van der Waals surface area contributed by atoms with Crippen molar-refractivity contribution >= 4 is 23.2 Å². The Morgan fingerprint density at radius 2 is 2.30 bits per heavy atom. The molecule has 0 spiro atoms. The van der Waals surface area contributed by atoms with Crippen LogP contribution in [0.25, 0.3) is 5.65 Å². The lowest BCUT2D eigenvalue weighted by Crippen LogP contribution is -2.45. The fraction of sp³-hybridized carbons (Fsp3) is 0.368. The summed E-state index contributed by atoms with van der Waals surface area (Å²) in [7, 11) is 0. The fourth-order valence-corrected chi connectivity index (χ4v) is 3.66. The maximum atomic E-state index is 14.4. The third-order valence-electron chi connectivity index (χ3n) is 5.17. The number of carbonyl (C=O) groups is 1. The van der Waals surface area contributed by atoms with Crippen LogP contribution in [0.2, 0.25) is 0 Å². The molecule has 0 saturated carbocycles. The van der Waals surface area contributed by atoms with Crippen LogP contribution in [0.1, 0.15) is 11.1 Å². The molecule has 1 aromatic carbocycles. The third kappa shape index (κ3) is 3.42. The number of nitrogens with zero attached hydrogens (tertiary/aromatic N) is 4. The number of benzene rings is 1. The first kappa shape index (κ1) is 18.7. The first-order chi connectivity index (χ1) is 14.7. The number of rotatable bonds is 5. The van der Waals surface area contributed by atoms with Gasteiger partial charge in [0, 0.05) is 37.2 Å². The summed E-state index contributed by atoms with van der Waals surface area (Å²) in [6.45, 7) is 2.42. The standard InChI is InChI=1S/C19H20FN7O3/c20-13-1-2-15-11(3-5-29-15)12(13)7-22-19-23-8-14(17-26-24-10-27(17)19)25-18(28)16-9-21-4-6-30-16/h1-2,8,10,16,21H,3-7,9H2,(H,22,23)(H,25,28). The molecule has 1 saturated heterocycles. The first-order valence-corrected chi connectivity index (χ1v) is 9.69. The maximum absolute atomic E-state index is 14.4. The van der Waals surface area contributed by atoms with E-state index in [-0.39, 0.29) is 18.3 Å². The smallest absolute Gasteiger partial charge is 0.254 e. The van der Waals surface area contributed by atoms with E-state index in [2.05, 4.69) is 31.1 Å². The van der Waals surface area contributed by atoms with Crippen molar-refractivity contribution in [3.8, 4) is 5.75 Å². The van der Waals surface area contributed by atoms with Crippen LogP contribution in [0.4, 0.5) is 16.0 Å². The number of anilines is 2. The van der Waals surface area contributed by atoms with Crippen LogP contribution < -0.4 is 20.7 Å². The number of aromatic nitrogens is 4. The molecule has 2 aliphatic rings. The molecule has 0 radical (unpaired) electrons. The van der Waals surface area contributed by atoms with Gasteiger partial charge in [-0.25, -0.2) is 13.8 Å². The van der Waals surface area contributed by atoms with Crippen LogP contribution >= 0.6 is 0 Å². The Balaban J connectivity index is 1.36. The van der Waals surface area contributed by atoms with Crippen LogP contribution in [-0.2, 0) is 22.5 Å². The topological polar surface area (TPSA) is 115 Å². The summed E-state index contributed by atoms with van der Waals surface area (Å²) < 4.78 is 27.0. The zero-order chi connectivity index (χ0) is 20.5. The second kappa shape index (κ2) is 7.84. The number of nitrogens with one attached hydrogen (secondary N) is 3. The lowest BCUT2D eigenvalue weighted by atomic mass is 10.0. The van der Waals surface area contributed by atoms with Gasteiger partial charge in [-0.3, -0.25) is 4.79 Å². The van der Waals surface area contributed by atoms with Gasteiger partial charge in [-0.2, -0.15) is 0 Å². The lowest BCUT2D eigenvalue weighted by Gasteiger charge is -2.22. The molecule has 2 aromatic heterocycles. The van der Waals surface area contributed by atoms with Crippen molar-refractivity contribution in [2.24, 2.45) is 0 Å². The largest absolute Gasteiger partial charge is 0.493 e. The van der Waals surface area contributed by atoms with Crippen molar-refractivity contribution in [2.45, 2.75) is 19.1 Å². The van der Waals surface area contributed by atoms with Gasteiger partial charge in [-0.15, -0.1) is 10.2 Å². The van der Waals surface area contributed by atoms with Crippen LogP contribution in [0.15, 0.2) is 24.7 Å². The van der Waals surface area contributed by atoms with E-state index in [9.17, 15) is 9.18 Å². The summed E-state index contributed by atoms with van der Waals surface area (Å²) in [5.74, 6) is 0.570. The van der Waals surface area contributed by atoms with Gasteiger partial charge in [-0.1, -0.05) is 0 Å². The molecule has 1 atom stereocenters. The summed E-state index contributed by atoms with van der Waals surface area (Å²) >= 11 is 0. The van der Waals surface area contributed by atoms with Gasteiger partial charge in [0.05, 0.1) is 19.4 Å². The van der Waals surface area contributed by atoms with E-state index >= 15 is 0 Å². The average Bonchev–Trinajstić information content (AvgIpc) is 3.45. The summed E-state index contributed by atoms with van der Waals surface area (Å²) in [5, 5.41) is 17.0. The molecule has 10 nitrogen and oxygen atoms in total. The highest BCUT2D eigenvalue weighted by Gasteiger charge is 2.24. The highest BCUT2D eigenvalue weighted by atomic mass is 19.1. The number of carbonyl (C=O) groups excluding carboxylic acids is 1. The number of morpholine rings is 1. The Labute approximate surface area is 170 Å². The van der Waals surface area contributed by atoms with E-state index in [0.29, 0.717) is 54.8 Å². The lowest BCUT2D eigenvalue weighted by molar-refractivity contribution is -0.128. The van der Waals surface area contributed by atoms with E-state index in [0.717, 1.165) is 12.1 Å². The van der Waals surface area contributed by atoms with E-state index in [1.165, 1.54) is 18.6 Å². The van der Waals surface area contributed by atoms with Gasteiger partial charge >= 0.3 is 0 Å². The van der Waals surface area contributed by atoms with Crippen LogP contribution in [0, 0.1) is 5.82 Å². The van der Waals surface area contributed by atoms with Crippen molar-refractivity contribution < 1.29 is 18.7 Å². The molecule has 30 heavy (non-hydrogen) atoms. The molecule has 5 rings (SSSR count). The number of halogens is 1. The number of hydrogen-bond donors (Lipinski definition) is 3. The third-order valence-corrected chi connectivity index (χ3v) is 5.17. The van der Waals surface area contributed by atoms with Crippen molar-refractivity contribution in [3.05, 3.63) is 41.6 Å². The number of amides is 1. The zero-order valence-corrected chi connectivity index (χ0v) is 16.0. The molecule has 1 unspecified atom stereocenters.